The second kappa shape index (κ2) is 5.54. The van der Waals surface area contributed by atoms with E-state index in [-0.39, 0.29) is 4.90 Å². The first-order chi connectivity index (χ1) is 10.8. The Hall–Kier alpha value is -2.06. The van der Waals surface area contributed by atoms with Crippen LogP contribution in [0.2, 0.25) is 0 Å². The molecule has 3 rings (SSSR count). The first-order valence-electron chi connectivity index (χ1n) is 7.28. The monoisotopic (exact) mass is 336 g/mol. The van der Waals surface area contributed by atoms with E-state index in [4.69, 9.17) is 9.88 Å². The van der Waals surface area contributed by atoms with E-state index in [1.165, 1.54) is 0 Å². The molecule has 0 amide bonds. The number of primary sulfonamides is 1. The summed E-state index contributed by atoms with van der Waals surface area (Å²) in [6.45, 7) is 3.45. The molecule has 2 N–H and O–H groups in total. The molecule has 8 heteroatoms. The van der Waals surface area contributed by atoms with Crippen molar-refractivity contribution in [3.8, 4) is 5.88 Å². The molecule has 0 bridgehead atoms. The second-order valence-electron chi connectivity index (χ2n) is 5.70. The minimum atomic E-state index is -3.67. The molecule has 0 saturated carbocycles. The summed E-state index contributed by atoms with van der Waals surface area (Å²) in [6, 6.07) is 5.04. The average molecular weight is 336 g/mol. The highest BCUT2D eigenvalue weighted by molar-refractivity contribution is 7.89. The Morgan fingerprint density at radius 1 is 1.39 bits per heavy atom. The van der Waals surface area contributed by atoms with Crippen LogP contribution < -0.4 is 14.8 Å². The molecule has 0 aliphatic carbocycles. The number of hydrogen-bond donors (Lipinski definition) is 1. The first kappa shape index (κ1) is 15.8. The molecule has 0 fully saturated rings. The highest BCUT2D eigenvalue weighted by Crippen LogP contribution is 2.33. The lowest BCUT2D eigenvalue weighted by atomic mass is 10.1. The smallest absolute Gasteiger partial charge is 0.238 e. The molecule has 1 aromatic carbocycles. The zero-order valence-corrected chi connectivity index (χ0v) is 14.2. The fourth-order valence-electron chi connectivity index (χ4n) is 3.10. The molecule has 2 heterocycles. The normalized spacial score (nSPS) is 14.2. The Morgan fingerprint density at radius 2 is 2.13 bits per heavy atom. The number of fused-ring (bicyclic) bond motifs is 1. The second-order valence-corrected chi connectivity index (χ2v) is 7.27. The van der Waals surface area contributed by atoms with Gasteiger partial charge in [0.25, 0.3) is 0 Å². The topological polar surface area (TPSA) is 90.4 Å². The molecule has 0 radical (unpaired) electrons. The Bertz CT molecular complexity index is 858. The Labute approximate surface area is 135 Å². The van der Waals surface area contributed by atoms with Gasteiger partial charge in [-0.3, -0.25) is 0 Å². The van der Waals surface area contributed by atoms with Crippen LogP contribution >= 0.6 is 0 Å². The van der Waals surface area contributed by atoms with Gasteiger partial charge in [0, 0.05) is 19.3 Å². The number of sulfonamides is 1. The van der Waals surface area contributed by atoms with Gasteiger partial charge in [-0.2, -0.15) is 5.10 Å². The third-order valence-electron chi connectivity index (χ3n) is 4.20. The standard InChI is InChI=1S/C15H20N4O3S/c1-10-13(15(22-3)18(2)17-10)9-19-7-6-11-8-12(23(16,20)21)4-5-14(11)19/h4-5,8H,6-7,9H2,1-3H3,(H2,16,20,21). The van der Waals surface area contributed by atoms with Gasteiger partial charge in [-0.15, -0.1) is 0 Å². The minimum Gasteiger partial charge on any atom is -0.481 e. The van der Waals surface area contributed by atoms with Crippen LogP contribution in [0.25, 0.3) is 0 Å². The van der Waals surface area contributed by atoms with Gasteiger partial charge in [-0.25, -0.2) is 18.2 Å². The number of ether oxygens (including phenoxy) is 1. The molecular weight excluding hydrogens is 316 g/mol. The molecule has 0 spiro atoms. The Morgan fingerprint density at radius 3 is 2.78 bits per heavy atom. The van der Waals surface area contributed by atoms with Gasteiger partial charge in [0.1, 0.15) is 0 Å². The van der Waals surface area contributed by atoms with Crippen LogP contribution in [0.4, 0.5) is 5.69 Å². The molecule has 1 aromatic heterocycles. The summed E-state index contributed by atoms with van der Waals surface area (Å²) in [7, 11) is -0.179. The van der Waals surface area contributed by atoms with Crippen molar-refractivity contribution in [3.05, 3.63) is 35.0 Å². The van der Waals surface area contributed by atoms with E-state index in [0.29, 0.717) is 6.54 Å². The highest BCUT2D eigenvalue weighted by atomic mass is 32.2. The number of anilines is 1. The maximum atomic E-state index is 11.5. The van der Waals surface area contributed by atoms with E-state index in [1.54, 1.807) is 23.9 Å². The molecule has 23 heavy (non-hydrogen) atoms. The summed E-state index contributed by atoms with van der Waals surface area (Å²) in [4.78, 5) is 2.36. The zero-order chi connectivity index (χ0) is 16.8. The predicted octanol–water partition coefficient (Wildman–Crippen LogP) is 0.947. The lowest BCUT2D eigenvalue weighted by Crippen LogP contribution is -2.20. The number of aromatic nitrogens is 2. The van der Waals surface area contributed by atoms with Crippen molar-refractivity contribution in [2.45, 2.75) is 24.8 Å². The van der Waals surface area contributed by atoms with E-state index in [2.05, 4.69) is 10.00 Å². The van der Waals surface area contributed by atoms with Gasteiger partial charge in [0.2, 0.25) is 15.9 Å². The van der Waals surface area contributed by atoms with Crippen LogP contribution in [0.15, 0.2) is 23.1 Å². The maximum Gasteiger partial charge on any atom is 0.238 e. The molecular formula is C15H20N4O3S. The van der Waals surface area contributed by atoms with E-state index in [1.807, 2.05) is 20.0 Å². The third kappa shape index (κ3) is 2.79. The third-order valence-corrected chi connectivity index (χ3v) is 5.11. The van der Waals surface area contributed by atoms with Crippen molar-refractivity contribution < 1.29 is 13.2 Å². The van der Waals surface area contributed by atoms with Crippen LogP contribution in [-0.2, 0) is 30.0 Å². The summed E-state index contributed by atoms with van der Waals surface area (Å²) in [6.07, 6.45) is 0.792. The van der Waals surface area contributed by atoms with E-state index in [0.717, 1.165) is 41.4 Å². The summed E-state index contributed by atoms with van der Waals surface area (Å²) in [5.74, 6) is 0.747. The van der Waals surface area contributed by atoms with Gasteiger partial charge in [0.05, 0.1) is 29.8 Å². The van der Waals surface area contributed by atoms with Gasteiger partial charge < -0.3 is 9.64 Å². The minimum absolute atomic E-state index is 0.160. The zero-order valence-electron chi connectivity index (χ0n) is 13.4. The molecule has 1 aliphatic heterocycles. The highest BCUT2D eigenvalue weighted by Gasteiger charge is 2.24. The van der Waals surface area contributed by atoms with Crippen LogP contribution in [0.1, 0.15) is 16.8 Å². The molecule has 0 saturated heterocycles. The predicted molar refractivity (Wildman–Crippen MR) is 87.1 cm³/mol. The Balaban J connectivity index is 1.92. The van der Waals surface area contributed by atoms with Crippen LogP contribution in [0, 0.1) is 6.92 Å². The van der Waals surface area contributed by atoms with Crippen molar-refractivity contribution in [1.29, 1.82) is 0 Å². The molecule has 0 atom stereocenters. The van der Waals surface area contributed by atoms with Gasteiger partial charge >= 0.3 is 0 Å². The number of nitrogens with two attached hydrogens (primary N) is 1. The van der Waals surface area contributed by atoms with Crippen molar-refractivity contribution >= 4 is 15.7 Å². The van der Waals surface area contributed by atoms with Crippen molar-refractivity contribution in [1.82, 2.24) is 9.78 Å². The molecule has 124 valence electrons. The lowest BCUT2D eigenvalue weighted by Gasteiger charge is -2.20. The fourth-order valence-corrected chi connectivity index (χ4v) is 3.66. The average Bonchev–Trinajstić information content (AvgIpc) is 2.99. The van der Waals surface area contributed by atoms with E-state index >= 15 is 0 Å². The van der Waals surface area contributed by atoms with Crippen molar-refractivity contribution in [2.75, 3.05) is 18.6 Å². The van der Waals surface area contributed by atoms with E-state index in [9.17, 15) is 8.42 Å². The number of rotatable bonds is 4. The number of aryl methyl sites for hydroxylation is 2. The summed E-state index contributed by atoms with van der Waals surface area (Å²) < 4.78 is 30.1. The van der Waals surface area contributed by atoms with Gasteiger partial charge in [0.15, 0.2) is 0 Å². The van der Waals surface area contributed by atoms with E-state index < -0.39 is 10.0 Å². The summed E-state index contributed by atoms with van der Waals surface area (Å²) >= 11 is 0. The van der Waals surface area contributed by atoms with Crippen molar-refractivity contribution in [3.63, 3.8) is 0 Å². The van der Waals surface area contributed by atoms with Gasteiger partial charge in [-0.1, -0.05) is 0 Å². The number of nitrogens with zero attached hydrogens (tertiary/aromatic N) is 3. The fraction of sp³-hybridized carbons (Fsp3) is 0.400. The number of methoxy groups -OCH3 is 1. The molecule has 7 nitrogen and oxygen atoms in total. The Kier molecular flexibility index (Phi) is 3.81. The number of benzene rings is 1. The lowest BCUT2D eigenvalue weighted by molar-refractivity contribution is 0.369. The van der Waals surface area contributed by atoms with Gasteiger partial charge in [-0.05, 0) is 37.1 Å². The van der Waals surface area contributed by atoms with Crippen molar-refractivity contribution in [2.24, 2.45) is 12.2 Å². The maximum absolute atomic E-state index is 11.5. The molecule has 1 aliphatic rings. The largest absolute Gasteiger partial charge is 0.481 e. The van der Waals surface area contributed by atoms with Crippen LogP contribution in [-0.4, -0.2) is 31.9 Å². The number of hydrogen-bond acceptors (Lipinski definition) is 5. The van der Waals surface area contributed by atoms with Crippen LogP contribution in [0.5, 0.6) is 5.88 Å². The molecule has 0 unspecified atom stereocenters. The summed E-state index contributed by atoms with van der Waals surface area (Å²) in [5.41, 5.74) is 4.00. The molecule has 2 aromatic rings. The SMILES string of the molecule is COc1c(CN2CCc3cc(S(N)(=O)=O)ccc32)c(C)nn1C. The quantitative estimate of drug-likeness (QED) is 0.897. The van der Waals surface area contributed by atoms with Crippen LogP contribution in [0.3, 0.4) is 0 Å². The first-order valence-corrected chi connectivity index (χ1v) is 8.83. The summed E-state index contributed by atoms with van der Waals surface area (Å²) in [5, 5.41) is 9.60.